The van der Waals surface area contributed by atoms with Crippen LogP contribution in [-0.2, 0) is 16.0 Å². The highest BCUT2D eigenvalue weighted by atomic mass is 127. The van der Waals surface area contributed by atoms with Crippen LogP contribution < -0.4 is 15.4 Å². The molecule has 1 heterocycles. The maximum absolute atomic E-state index is 12.4. The fourth-order valence-electron chi connectivity index (χ4n) is 2.64. The van der Waals surface area contributed by atoms with Crippen molar-refractivity contribution in [1.29, 1.82) is 0 Å². The van der Waals surface area contributed by atoms with E-state index in [1.807, 2.05) is 18.2 Å². The molecule has 2 aromatic carbocycles. The number of thioether (sulfide) groups is 1. The molecule has 1 saturated heterocycles. The third kappa shape index (κ3) is 5.89. The molecule has 6 nitrogen and oxygen atoms in total. The van der Waals surface area contributed by atoms with Crippen LogP contribution in [-0.4, -0.2) is 29.1 Å². The van der Waals surface area contributed by atoms with Crippen molar-refractivity contribution in [3.8, 4) is 5.75 Å². The van der Waals surface area contributed by atoms with Crippen LogP contribution in [0.4, 0.5) is 5.69 Å². The van der Waals surface area contributed by atoms with E-state index in [4.69, 9.17) is 9.84 Å². The second-order valence-electron chi connectivity index (χ2n) is 6.17. The summed E-state index contributed by atoms with van der Waals surface area (Å²) in [6.07, 6.45) is 2.78. The smallest absolute Gasteiger partial charge is 0.341 e. The first-order chi connectivity index (χ1) is 13.9. The second-order valence-corrected chi connectivity index (χ2v) is 9.33. The Hall–Kier alpha value is -1.72. The van der Waals surface area contributed by atoms with Gasteiger partial charge in [-0.15, -0.1) is 0 Å². The van der Waals surface area contributed by atoms with Crippen LogP contribution >= 0.6 is 50.3 Å². The molecule has 1 aliphatic heterocycles. The van der Waals surface area contributed by atoms with Crippen molar-refractivity contribution in [2.24, 2.45) is 0 Å². The molecule has 0 aromatic heterocycles. The Morgan fingerprint density at radius 3 is 2.72 bits per heavy atom. The van der Waals surface area contributed by atoms with Crippen LogP contribution in [0.3, 0.4) is 0 Å². The molecule has 2 aromatic rings. The van der Waals surface area contributed by atoms with E-state index in [-0.39, 0.29) is 11.4 Å². The highest BCUT2D eigenvalue weighted by Gasteiger charge is 2.27. The Bertz CT molecular complexity index is 942. The highest BCUT2D eigenvalue weighted by Crippen LogP contribution is 2.35. The minimum Gasteiger partial charge on any atom is -0.480 e. The molecule has 0 aliphatic carbocycles. The number of rotatable bonds is 7. The summed E-state index contributed by atoms with van der Waals surface area (Å²) in [4.78, 5) is 23.7. The first-order valence-electron chi connectivity index (χ1n) is 8.74. The zero-order valence-corrected chi connectivity index (χ0v) is 19.9. The molecule has 3 rings (SSSR count). The normalized spacial score (nSPS) is 17.3. The Labute approximate surface area is 194 Å². The van der Waals surface area contributed by atoms with Gasteiger partial charge in [0.05, 0.1) is 12.9 Å². The zero-order valence-electron chi connectivity index (χ0n) is 15.4. The molecule has 9 heteroatoms. The number of carboxylic acid groups (broad SMARTS) is 1. The lowest BCUT2D eigenvalue weighted by atomic mass is 10.1. The highest BCUT2D eigenvalue weighted by molar-refractivity contribution is 14.1. The van der Waals surface area contributed by atoms with Crippen LogP contribution in [0.25, 0.3) is 6.08 Å². The number of anilines is 1. The lowest BCUT2D eigenvalue weighted by molar-refractivity contribution is -0.139. The Kier molecular flexibility index (Phi) is 7.47. The van der Waals surface area contributed by atoms with Gasteiger partial charge in [-0.05, 0) is 86.4 Å². The van der Waals surface area contributed by atoms with Crippen LogP contribution in [0, 0.1) is 3.57 Å². The molecule has 1 amide bonds. The summed E-state index contributed by atoms with van der Waals surface area (Å²) in [5.74, 6) is -0.718. The van der Waals surface area contributed by atoms with Crippen LogP contribution in [0.2, 0.25) is 0 Å². The molecule has 0 bridgehead atoms. The predicted octanol–water partition coefficient (Wildman–Crippen LogP) is 4.68. The van der Waals surface area contributed by atoms with Crippen molar-refractivity contribution in [3.05, 3.63) is 60.5 Å². The van der Waals surface area contributed by atoms with E-state index in [1.165, 1.54) is 17.3 Å². The maximum Gasteiger partial charge on any atom is 0.341 e. The SMILES string of the molecule is CCc1ccc(N[C@@H]2NC(=O)/C(=C/c3cc(Br)c(OCC(=O)O)c(I)c3)S2)cc1. The summed E-state index contributed by atoms with van der Waals surface area (Å²) in [6, 6.07) is 11.8. The predicted molar refractivity (Wildman–Crippen MR) is 127 cm³/mol. The largest absolute Gasteiger partial charge is 0.480 e. The summed E-state index contributed by atoms with van der Waals surface area (Å²) in [7, 11) is 0. The number of carbonyl (C=O) groups excluding carboxylic acids is 1. The van der Waals surface area contributed by atoms with Crippen molar-refractivity contribution in [3.63, 3.8) is 0 Å². The Balaban J connectivity index is 1.71. The van der Waals surface area contributed by atoms with Gasteiger partial charge in [-0.25, -0.2) is 4.79 Å². The fraction of sp³-hybridized carbons (Fsp3) is 0.200. The van der Waals surface area contributed by atoms with Gasteiger partial charge < -0.3 is 20.5 Å². The minimum absolute atomic E-state index is 0.144. The average Bonchev–Trinajstić information content (AvgIpc) is 3.00. The number of hydrogen-bond donors (Lipinski definition) is 3. The Morgan fingerprint density at radius 2 is 2.10 bits per heavy atom. The number of carboxylic acids is 1. The second kappa shape index (κ2) is 9.86. The van der Waals surface area contributed by atoms with Gasteiger partial charge in [-0.1, -0.05) is 30.8 Å². The lowest BCUT2D eigenvalue weighted by Gasteiger charge is -2.13. The van der Waals surface area contributed by atoms with E-state index in [2.05, 4.69) is 68.2 Å². The standard InChI is InChI=1S/C20H18BrIN2O4S/c1-2-11-3-5-13(6-4-11)23-20-24-19(27)16(29-20)9-12-7-14(21)18(15(22)8-12)28-10-17(25)26/h3-9,20,23H,2,10H2,1H3,(H,24,27)(H,25,26)/b16-9-/t20-/m1/s1. The molecule has 0 spiro atoms. The van der Waals surface area contributed by atoms with E-state index < -0.39 is 12.6 Å². The number of amides is 1. The van der Waals surface area contributed by atoms with Crippen molar-refractivity contribution < 1.29 is 19.4 Å². The third-order valence-electron chi connectivity index (χ3n) is 4.05. The molecule has 0 saturated carbocycles. The number of hydrogen-bond acceptors (Lipinski definition) is 5. The van der Waals surface area contributed by atoms with Crippen LogP contribution in [0.1, 0.15) is 18.1 Å². The molecule has 1 fully saturated rings. The summed E-state index contributed by atoms with van der Waals surface area (Å²) in [5, 5.41) is 15.0. The zero-order chi connectivity index (χ0) is 21.0. The number of nitrogens with one attached hydrogen (secondary N) is 2. The van der Waals surface area contributed by atoms with Gasteiger partial charge in [0.2, 0.25) is 0 Å². The van der Waals surface area contributed by atoms with Crippen LogP contribution in [0.15, 0.2) is 45.8 Å². The van der Waals surface area contributed by atoms with E-state index in [0.29, 0.717) is 15.1 Å². The van der Waals surface area contributed by atoms with Gasteiger partial charge in [-0.2, -0.15) is 0 Å². The van der Waals surface area contributed by atoms with Gasteiger partial charge in [0.1, 0.15) is 5.75 Å². The monoisotopic (exact) mass is 588 g/mol. The van der Waals surface area contributed by atoms with Crippen molar-refractivity contribution in [1.82, 2.24) is 5.32 Å². The van der Waals surface area contributed by atoms with Crippen molar-refractivity contribution >= 4 is 73.9 Å². The van der Waals surface area contributed by atoms with Gasteiger partial charge in [0.25, 0.3) is 5.91 Å². The summed E-state index contributed by atoms with van der Waals surface area (Å²) >= 11 is 6.90. The van der Waals surface area contributed by atoms with Gasteiger partial charge >= 0.3 is 5.97 Å². The molecule has 152 valence electrons. The minimum atomic E-state index is -1.04. The van der Waals surface area contributed by atoms with E-state index in [0.717, 1.165) is 21.2 Å². The van der Waals surface area contributed by atoms with E-state index in [1.54, 1.807) is 12.1 Å². The molecule has 3 N–H and O–H groups in total. The molecular formula is C20H18BrIN2O4S. The van der Waals surface area contributed by atoms with Crippen LogP contribution in [0.5, 0.6) is 5.75 Å². The lowest BCUT2D eigenvalue weighted by Crippen LogP contribution is -2.30. The first kappa shape index (κ1) is 22.0. The Morgan fingerprint density at radius 1 is 1.38 bits per heavy atom. The molecule has 29 heavy (non-hydrogen) atoms. The number of benzene rings is 2. The topological polar surface area (TPSA) is 87.7 Å². The number of halogens is 2. The molecule has 0 unspecified atom stereocenters. The average molecular weight is 589 g/mol. The third-order valence-corrected chi connectivity index (χ3v) is 6.47. The maximum atomic E-state index is 12.4. The van der Waals surface area contributed by atoms with Crippen molar-refractivity contribution in [2.45, 2.75) is 18.8 Å². The number of carbonyl (C=O) groups is 2. The molecule has 0 radical (unpaired) electrons. The molecule has 1 atom stereocenters. The van der Waals surface area contributed by atoms with Crippen molar-refractivity contribution in [2.75, 3.05) is 11.9 Å². The fourth-order valence-corrected chi connectivity index (χ4v) is 5.39. The first-order valence-corrected chi connectivity index (χ1v) is 11.5. The quantitative estimate of drug-likeness (QED) is 0.322. The number of ether oxygens (including phenoxy) is 1. The summed E-state index contributed by atoms with van der Waals surface area (Å²) in [5.41, 5.74) is 2.77. The van der Waals surface area contributed by atoms with E-state index in [9.17, 15) is 9.59 Å². The number of aliphatic carboxylic acids is 1. The van der Waals surface area contributed by atoms with Gasteiger partial charge in [0.15, 0.2) is 12.1 Å². The summed E-state index contributed by atoms with van der Waals surface area (Å²) in [6.45, 7) is 1.69. The molecule has 1 aliphatic rings. The van der Waals surface area contributed by atoms with Gasteiger partial charge in [0, 0.05) is 5.69 Å². The molecular weight excluding hydrogens is 571 g/mol. The van der Waals surface area contributed by atoms with Gasteiger partial charge in [-0.3, -0.25) is 4.79 Å². The summed E-state index contributed by atoms with van der Waals surface area (Å²) < 4.78 is 6.69. The van der Waals surface area contributed by atoms with E-state index >= 15 is 0 Å². The number of aryl methyl sites for hydroxylation is 1.